The van der Waals surface area contributed by atoms with Gasteiger partial charge in [-0.15, -0.1) is 0 Å². The van der Waals surface area contributed by atoms with Gasteiger partial charge in [-0.2, -0.15) is 0 Å². The van der Waals surface area contributed by atoms with E-state index < -0.39 is 30.5 Å². The van der Waals surface area contributed by atoms with Crippen LogP contribution >= 0.6 is 0 Å². The van der Waals surface area contributed by atoms with Crippen LogP contribution in [0.15, 0.2) is 0 Å². The standard InChI is InChI=1S/C10H20O5/c1-5(2)10-9(13)8(12)7(11)6(15-10)4-14-3/h5-13H,4H2,1-3H3/t6?,7-,8?,9?,10-/m0/s1. The summed E-state index contributed by atoms with van der Waals surface area (Å²) in [6.45, 7) is 3.98. The zero-order chi connectivity index (χ0) is 11.6. The number of aliphatic hydroxyl groups is 3. The molecule has 5 atom stereocenters. The third-order valence-corrected chi connectivity index (χ3v) is 2.74. The SMILES string of the molecule is COCC1O[C@@H](C(C)C)C(O)C(O)[C@H]1O. The van der Waals surface area contributed by atoms with E-state index in [1.165, 1.54) is 7.11 Å². The molecule has 0 saturated carbocycles. The highest BCUT2D eigenvalue weighted by molar-refractivity contribution is 4.93. The largest absolute Gasteiger partial charge is 0.388 e. The van der Waals surface area contributed by atoms with Gasteiger partial charge in [-0.05, 0) is 5.92 Å². The number of rotatable bonds is 3. The summed E-state index contributed by atoms with van der Waals surface area (Å²) in [6, 6.07) is 0. The van der Waals surface area contributed by atoms with Crippen LogP contribution in [0.4, 0.5) is 0 Å². The van der Waals surface area contributed by atoms with Crippen molar-refractivity contribution in [3.8, 4) is 0 Å². The molecular formula is C10H20O5. The minimum Gasteiger partial charge on any atom is -0.388 e. The Morgan fingerprint density at radius 3 is 2.20 bits per heavy atom. The normalized spacial score (nSPS) is 42.2. The highest BCUT2D eigenvalue weighted by Crippen LogP contribution is 2.25. The lowest BCUT2D eigenvalue weighted by Crippen LogP contribution is -2.59. The molecular weight excluding hydrogens is 200 g/mol. The molecule has 15 heavy (non-hydrogen) atoms. The van der Waals surface area contributed by atoms with Crippen molar-refractivity contribution in [3.05, 3.63) is 0 Å². The zero-order valence-corrected chi connectivity index (χ0v) is 9.33. The van der Waals surface area contributed by atoms with E-state index in [4.69, 9.17) is 9.47 Å². The number of aliphatic hydroxyl groups excluding tert-OH is 3. The van der Waals surface area contributed by atoms with Gasteiger partial charge in [0.15, 0.2) is 0 Å². The summed E-state index contributed by atoms with van der Waals surface area (Å²) in [4.78, 5) is 0. The van der Waals surface area contributed by atoms with E-state index in [1.807, 2.05) is 13.8 Å². The molecule has 1 fully saturated rings. The van der Waals surface area contributed by atoms with Crippen LogP contribution in [0.2, 0.25) is 0 Å². The molecule has 0 aromatic heterocycles. The maximum Gasteiger partial charge on any atom is 0.111 e. The van der Waals surface area contributed by atoms with E-state index in [0.29, 0.717) is 0 Å². The van der Waals surface area contributed by atoms with Gasteiger partial charge in [0.25, 0.3) is 0 Å². The summed E-state index contributed by atoms with van der Waals surface area (Å²) in [7, 11) is 1.50. The average Bonchev–Trinajstić information content (AvgIpc) is 2.18. The van der Waals surface area contributed by atoms with Crippen molar-refractivity contribution >= 4 is 0 Å². The minimum absolute atomic E-state index is 0.0708. The number of ether oxygens (including phenoxy) is 2. The molecule has 5 nitrogen and oxygen atoms in total. The minimum atomic E-state index is -1.17. The van der Waals surface area contributed by atoms with Crippen LogP contribution < -0.4 is 0 Å². The van der Waals surface area contributed by atoms with E-state index in [9.17, 15) is 15.3 Å². The second-order valence-corrected chi connectivity index (χ2v) is 4.31. The summed E-state index contributed by atoms with van der Waals surface area (Å²) in [5.41, 5.74) is 0. The van der Waals surface area contributed by atoms with Gasteiger partial charge in [0.1, 0.15) is 24.4 Å². The molecule has 0 aliphatic carbocycles. The second-order valence-electron chi connectivity index (χ2n) is 4.31. The lowest BCUT2D eigenvalue weighted by Gasteiger charge is -2.42. The Labute approximate surface area is 89.6 Å². The summed E-state index contributed by atoms with van der Waals surface area (Å²) >= 11 is 0. The van der Waals surface area contributed by atoms with E-state index in [2.05, 4.69) is 0 Å². The topological polar surface area (TPSA) is 79.2 Å². The molecule has 0 spiro atoms. The van der Waals surface area contributed by atoms with E-state index >= 15 is 0 Å². The van der Waals surface area contributed by atoms with E-state index in [1.54, 1.807) is 0 Å². The van der Waals surface area contributed by atoms with Crippen LogP contribution in [0.1, 0.15) is 13.8 Å². The van der Waals surface area contributed by atoms with Crippen molar-refractivity contribution < 1.29 is 24.8 Å². The van der Waals surface area contributed by atoms with Gasteiger partial charge in [0, 0.05) is 7.11 Å². The highest BCUT2D eigenvalue weighted by atomic mass is 16.6. The first-order chi connectivity index (χ1) is 6.99. The van der Waals surface area contributed by atoms with Gasteiger partial charge in [0.05, 0.1) is 12.7 Å². The number of hydrogen-bond acceptors (Lipinski definition) is 5. The van der Waals surface area contributed by atoms with Gasteiger partial charge in [-0.25, -0.2) is 0 Å². The Kier molecular flexibility index (Phi) is 4.48. The van der Waals surface area contributed by atoms with Crippen molar-refractivity contribution in [1.82, 2.24) is 0 Å². The van der Waals surface area contributed by atoms with E-state index in [-0.39, 0.29) is 12.5 Å². The first-order valence-electron chi connectivity index (χ1n) is 5.17. The van der Waals surface area contributed by atoms with E-state index in [0.717, 1.165) is 0 Å². The fourth-order valence-corrected chi connectivity index (χ4v) is 1.83. The molecule has 1 aliphatic heterocycles. The Morgan fingerprint density at radius 2 is 1.73 bits per heavy atom. The molecule has 0 aromatic rings. The molecule has 1 saturated heterocycles. The van der Waals surface area contributed by atoms with Gasteiger partial charge >= 0.3 is 0 Å². The summed E-state index contributed by atoms with van der Waals surface area (Å²) < 4.78 is 10.4. The molecule has 0 aromatic carbocycles. The number of hydrogen-bond donors (Lipinski definition) is 3. The smallest absolute Gasteiger partial charge is 0.111 e. The molecule has 3 N–H and O–H groups in total. The fraction of sp³-hybridized carbons (Fsp3) is 1.00. The summed E-state index contributed by atoms with van der Waals surface area (Å²) in [5.74, 6) is 0.0708. The molecule has 1 aliphatic rings. The lowest BCUT2D eigenvalue weighted by molar-refractivity contribution is -0.240. The van der Waals surface area contributed by atoms with Crippen molar-refractivity contribution in [2.75, 3.05) is 13.7 Å². The number of methoxy groups -OCH3 is 1. The Balaban J connectivity index is 2.71. The summed E-state index contributed by atoms with van der Waals surface area (Å²) in [5, 5.41) is 28.9. The molecule has 0 radical (unpaired) electrons. The van der Waals surface area contributed by atoms with Crippen LogP contribution in [-0.4, -0.2) is 59.6 Å². The van der Waals surface area contributed by atoms with Crippen LogP contribution in [0.3, 0.4) is 0 Å². The highest BCUT2D eigenvalue weighted by Gasteiger charge is 2.44. The predicted molar refractivity (Wildman–Crippen MR) is 53.4 cm³/mol. The average molecular weight is 220 g/mol. The maximum absolute atomic E-state index is 9.69. The Bertz CT molecular complexity index is 196. The predicted octanol–water partition coefficient (Wildman–Crippen LogP) is -0.861. The lowest BCUT2D eigenvalue weighted by atomic mass is 9.89. The van der Waals surface area contributed by atoms with Crippen molar-refractivity contribution in [2.24, 2.45) is 5.92 Å². The van der Waals surface area contributed by atoms with Crippen LogP contribution in [0, 0.1) is 5.92 Å². The third-order valence-electron chi connectivity index (χ3n) is 2.74. The van der Waals surface area contributed by atoms with Gasteiger partial charge < -0.3 is 24.8 Å². The first-order valence-corrected chi connectivity index (χ1v) is 5.17. The first kappa shape index (κ1) is 12.9. The van der Waals surface area contributed by atoms with Gasteiger partial charge in [-0.1, -0.05) is 13.8 Å². The molecule has 5 heteroatoms. The van der Waals surface area contributed by atoms with Crippen molar-refractivity contribution in [3.63, 3.8) is 0 Å². The molecule has 1 rings (SSSR count). The van der Waals surface area contributed by atoms with Gasteiger partial charge in [0.2, 0.25) is 0 Å². The van der Waals surface area contributed by atoms with Crippen LogP contribution in [0.25, 0.3) is 0 Å². The quantitative estimate of drug-likeness (QED) is 0.577. The molecule has 0 amide bonds. The second kappa shape index (κ2) is 5.23. The molecule has 3 unspecified atom stereocenters. The molecule has 0 bridgehead atoms. The summed E-state index contributed by atoms with van der Waals surface area (Å²) in [6.07, 6.45) is -4.38. The van der Waals surface area contributed by atoms with Crippen molar-refractivity contribution in [2.45, 2.75) is 44.4 Å². The maximum atomic E-state index is 9.69. The fourth-order valence-electron chi connectivity index (χ4n) is 1.83. The Hall–Kier alpha value is -0.200. The van der Waals surface area contributed by atoms with Crippen LogP contribution in [-0.2, 0) is 9.47 Å². The monoisotopic (exact) mass is 220 g/mol. The third kappa shape index (κ3) is 2.68. The zero-order valence-electron chi connectivity index (χ0n) is 9.33. The van der Waals surface area contributed by atoms with Crippen molar-refractivity contribution in [1.29, 1.82) is 0 Å². The van der Waals surface area contributed by atoms with Crippen LogP contribution in [0.5, 0.6) is 0 Å². The molecule has 1 heterocycles. The molecule has 90 valence electrons. The van der Waals surface area contributed by atoms with Gasteiger partial charge in [-0.3, -0.25) is 0 Å². The Morgan fingerprint density at radius 1 is 1.13 bits per heavy atom.